The smallest absolute Gasteiger partial charge is 0.156 e. The molecule has 0 saturated carbocycles. The normalized spacial score (nSPS) is 11.1. The number of nitrogens with zero attached hydrogens (tertiary/aromatic N) is 3. The topological polar surface area (TPSA) is 30.2 Å². The summed E-state index contributed by atoms with van der Waals surface area (Å²) in [4.78, 5) is 4.23. The van der Waals surface area contributed by atoms with Gasteiger partial charge < -0.3 is 0 Å². The van der Waals surface area contributed by atoms with Crippen LogP contribution in [-0.2, 0) is 0 Å². The zero-order valence-corrected chi connectivity index (χ0v) is 10.5. The lowest BCUT2D eigenvalue weighted by Gasteiger charge is -1.97. The molecule has 0 atom stereocenters. The third-order valence-electron chi connectivity index (χ3n) is 1.64. The van der Waals surface area contributed by atoms with Crippen LogP contribution in [0.25, 0.3) is 5.65 Å². The van der Waals surface area contributed by atoms with Crippen LogP contribution in [0.4, 0.5) is 0 Å². The number of imidazole rings is 1. The van der Waals surface area contributed by atoms with Crippen LogP contribution in [0.1, 0.15) is 5.56 Å². The molecule has 0 aromatic carbocycles. The largest absolute Gasteiger partial charge is 0.219 e. The molecule has 13 heavy (non-hydrogen) atoms. The second kappa shape index (κ2) is 3.22. The standard InChI is InChI=1S/C7H4Br2ClN3/c1-3-2-4-11-5(8)6(9)13(4)12-7(3)10/h2H,1H3. The second-order valence-corrected chi connectivity index (χ2v) is 4.44. The van der Waals surface area contributed by atoms with E-state index in [1.165, 1.54) is 0 Å². The minimum atomic E-state index is 0.484. The molecule has 0 fully saturated rings. The van der Waals surface area contributed by atoms with Gasteiger partial charge in [-0.3, -0.25) is 0 Å². The van der Waals surface area contributed by atoms with E-state index in [1.807, 2.05) is 13.0 Å². The lowest BCUT2D eigenvalue weighted by molar-refractivity contribution is 0.907. The average molecular weight is 325 g/mol. The first-order valence-corrected chi connectivity index (χ1v) is 5.43. The Hall–Kier alpha value is -0.130. The van der Waals surface area contributed by atoms with Crippen LogP contribution in [0.2, 0.25) is 5.15 Å². The van der Waals surface area contributed by atoms with Crippen molar-refractivity contribution in [3.05, 3.63) is 26.0 Å². The van der Waals surface area contributed by atoms with Crippen LogP contribution < -0.4 is 0 Å². The van der Waals surface area contributed by atoms with Crippen LogP contribution >= 0.6 is 43.5 Å². The van der Waals surface area contributed by atoms with Crippen molar-refractivity contribution in [3.63, 3.8) is 0 Å². The molecule has 2 heterocycles. The summed E-state index contributed by atoms with van der Waals surface area (Å²) < 4.78 is 3.13. The van der Waals surface area contributed by atoms with Gasteiger partial charge in [0.05, 0.1) is 0 Å². The van der Waals surface area contributed by atoms with E-state index in [-0.39, 0.29) is 0 Å². The summed E-state index contributed by atoms with van der Waals surface area (Å²) in [7, 11) is 0. The Morgan fingerprint density at radius 3 is 2.85 bits per heavy atom. The van der Waals surface area contributed by atoms with E-state index in [2.05, 4.69) is 41.9 Å². The molecule has 68 valence electrons. The van der Waals surface area contributed by atoms with Crippen molar-refractivity contribution in [1.29, 1.82) is 0 Å². The summed E-state index contributed by atoms with van der Waals surface area (Å²) in [5, 5.41) is 4.62. The molecular formula is C7H4Br2ClN3. The van der Waals surface area contributed by atoms with E-state index >= 15 is 0 Å². The minimum Gasteiger partial charge on any atom is -0.219 e. The van der Waals surface area contributed by atoms with Crippen LogP contribution in [0.3, 0.4) is 0 Å². The fraction of sp³-hybridized carbons (Fsp3) is 0.143. The van der Waals surface area contributed by atoms with Gasteiger partial charge >= 0.3 is 0 Å². The highest BCUT2D eigenvalue weighted by Crippen LogP contribution is 2.24. The highest BCUT2D eigenvalue weighted by molar-refractivity contribution is 9.13. The molecule has 0 spiro atoms. The van der Waals surface area contributed by atoms with E-state index in [9.17, 15) is 0 Å². The number of aromatic nitrogens is 3. The third kappa shape index (κ3) is 1.49. The first kappa shape index (κ1) is 9.43. The highest BCUT2D eigenvalue weighted by atomic mass is 79.9. The van der Waals surface area contributed by atoms with E-state index in [0.29, 0.717) is 5.15 Å². The zero-order valence-electron chi connectivity index (χ0n) is 6.55. The molecule has 2 aromatic heterocycles. The Morgan fingerprint density at radius 2 is 2.15 bits per heavy atom. The van der Waals surface area contributed by atoms with Crippen molar-refractivity contribution in [1.82, 2.24) is 14.6 Å². The molecule has 0 aliphatic heterocycles. The lowest BCUT2D eigenvalue weighted by atomic mass is 10.3. The van der Waals surface area contributed by atoms with Gasteiger partial charge in [0.1, 0.15) is 9.21 Å². The van der Waals surface area contributed by atoms with Gasteiger partial charge in [-0.05, 0) is 50.4 Å². The zero-order chi connectivity index (χ0) is 9.59. The van der Waals surface area contributed by atoms with Gasteiger partial charge in [0.25, 0.3) is 0 Å². The number of fused-ring (bicyclic) bond motifs is 1. The molecule has 0 aliphatic carbocycles. The van der Waals surface area contributed by atoms with E-state index < -0.39 is 0 Å². The van der Waals surface area contributed by atoms with Crippen LogP contribution in [0, 0.1) is 6.92 Å². The molecule has 0 bridgehead atoms. The van der Waals surface area contributed by atoms with Gasteiger partial charge in [0, 0.05) is 0 Å². The van der Waals surface area contributed by atoms with Crippen molar-refractivity contribution in [2.24, 2.45) is 0 Å². The third-order valence-corrected chi connectivity index (χ3v) is 3.81. The molecule has 0 unspecified atom stereocenters. The maximum atomic E-state index is 5.87. The Bertz CT molecular complexity index is 480. The molecular weight excluding hydrogens is 321 g/mol. The van der Waals surface area contributed by atoms with E-state index in [0.717, 1.165) is 20.4 Å². The first-order chi connectivity index (χ1) is 6.09. The fourth-order valence-electron chi connectivity index (χ4n) is 0.990. The summed E-state index contributed by atoms with van der Waals surface area (Å²) in [5.41, 5.74) is 1.68. The molecule has 0 N–H and O–H groups in total. The Morgan fingerprint density at radius 1 is 1.46 bits per heavy atom. The first-order valence-electron chi connectivity index (χ1n) is 3.46. The number of halogens is 3. The minimum absolute atomic E-state index is 0.484. The number of rotatable bonds is 0. The van der Waals surface area contributed by atoms with Gasteiger partial charge in [0.15, 0.2) is 10.8 Å². The molecule has 6 heteroatoms. The Kier molecular flexibility index (Phi) is 2.33. The van der Waals surface area contributed by atoms with Crippen molar-refractivity contribution < 1.29 is 0 Å². The van der Waals surface area contributed by atoms with Crippen LogP contribution in [0.15, 0.2) is 15.3 Å². The second-order valence-electron chi connectivity index (χ2n) is 2.58. The van der Waals surface area contributed by atoms with Gasteiger partial charge in [-0.25, -0.2) is 9.50 Å². The van der Waals surface area contributed by atoms with Gasteiger partial charge in [-0.2, -0.15) is 5.10 Å². The predicted molar refractivity (Wildman–Crippen MR) is 58.1 cm³/mol. The maximum Gasteiger partial charge on any atom is 0.156 e. The summed E-state index contributed by atoms with van der Waals surface area (Å²) in [6.45, 7) is 1.89. The molecule has 0 aliphatic rings. The van der Waals surface area contributed by atoms with Gasteiger partial charge in [-0.15, -0.1) is 0 Å². The van der Waals surface area contributed by atoms with Gasteiger partial charge in [-0.1, -0.05) is 11.6 Å². The summed E-state index contributed by atoms with van der Waals surface area (Å²) in [6.07, 6.45) is 0. The van der Waals surface area contributed by atoms with Crippen molar-refractivity contribution in [3.8, 4) is 0 Å². The maximum absolute atomic E-state index is 5.87. The molecule has 2 rings (SSSR count). The van der Waals surface area contributed by atoms with Crippen LogP contribution in [0.5, 0.6) is 0 Å². The highest BCUT2D eigenvalue weighted by Gasteiger charge is 2.09. The number of hydrogen-bond acceptors (Lipinski definition) is 2. The Balaban J connectivity index is 2.89. The molecule has 3 nitrogen and oxygen atoms in total. The SMILES string of the molecule is Cc1cc2nc(Br)c(Br)n2nc1Cl. The van der Waals surface area contributed by atoms with Gasteiger partial charge in [0.2, 0.25) is 0 Å². The monoisotopic (exact) mass is 323 g/mol. The van der Waals surface area contributed by atoms with Crippen molar-refractivity contribution in [2.45, 2.75) is 6.92 Å². The van der Waals surface area contributed by atoms with Crippen molar-refractivity contribution >= 4 is 49.1 Å². The van der Waals surface area contributed by atoms with Crippen molar-refractivity contribution in [2.75, 3.05) is 0 Å². The summed E-state index contributed by atoms with van der Waals surface area (Å²) in [6, 6.07) is 1.88. The van der Waals surface area contributed by atoms with Crippen LogP contribution in [-0.4, -0.2) is 14.6 Å². The molecule has 0 saturated heterocycles. The lowest BCUT2D eigenvalue weighted by Crippen LogP contribution is -1.94. The average Bonchev–Trinajstić information content (AvgIpc) is 2.32. The fourth-order valence-corrected chi connectivity index (χ4v) is 1.82. The quantitative estimate of drug-likeness (QED) is 0.744. The summed E-state index contributed by atoms with van der Waals surface area (Å²) in [5.74, 6) is 0. The number of hydrogen-bond donors (Lipinski definition) is 0. The molecule has 0 radical (unpaired) electrons. The molecule has 0 amide bonds. The Labute approximate surface area is 96.4 Å². The van der Waals surface area contributed by atoms with E-state index in [1.54, 1.807) is 4.52 Å². The number of aryl methyl sites for hydroxylation is 1. The predicted octanol–water partition coefficient (Wildman–Crippen LogP) is 3.22. The van der Waals surface area contributed by atoms with E-state index in [4.69, 9.17) is 11.6 Å². The summed E-state index contributed by atoms with van der Waals surface area (Å²) >= 11 is 12.5. The molecule has 2 aromatic rings.